The van der Waals surface area contributed by atoms with Crippen molar-refractivity contribution in [1.29, 1.82) is 0 Å². The first-order chi connectivity index (χ1) is 11.2. The first-order valence-corrected chi connectivity index (χ1v) is 7.40. The third-order valence-electron chi connectivity index (χ3n) is 3.14. The molecule has 5 nitrogen and oxygen atoms in total. The summed E-state index contributed by atoms with van der Waals surface area (Å²) in [7, 11) is 1.61. The fourth-order valence-corrected chi connectivity index (χ4v) is 1.96. The normalized spacial score (nSPS) is 11.0. The van der Waals surface area contributed by atoms with Gasteiger partial charge in [0.2, 0.25) is 0 Å². The van der Waals surface area contributed by atoms with Gasteiger partial charge >= 0.3 is 5.97 Å². The molecule has 0 saturated heterocycles. The van der Waals surface area contributed by atoms with Crippen LogP contribution in [0.15, 0.2) is 59.7 Å². The molecule has 23 heavy (non-hydrogen) atoms. The molecule has 0 spiro atoms. The van der Waals surface area contributed by atoms with Gasteiger partial charge in [-0.25, -0.2) is 4.79 Å². The predicted octanol–water partition coefficient (Wildman–Crippen LogP) is 3.27. The van der Waals surface area contributed by atoms with Gasteiger partial charge in [0.1, 0.15) is 11.5 Å². The van der Waals surface area contributed by atoms with E-state index in [1.165, 1.54) is 0 Å². The Labute approximate surface area is 135 Å². The molecule has 2 rings (SSSR count). The van der Waals surface area contributed by atoms with Gasteiger partial charge in [-0.05, 0) is 36.8 Å². The molecule has 0 aliphatic rings. The maximum absolute atomic E-state index is 12.1. The van der Waals surface area contributed by atoms with Gasteiger partial charge in [0.25, 0.3) is 0 Å². The molecule has 0 fully saturated rings. The first kappa shape index (κ1) is 16.5. The number of benzene rings is 2. The lowest BCUT2D eigenvalue weighted by molar-refractivity contribution is -0.135. The molecule has 0 bridgehead atoms. The van der Waals surface area contributed by atoms with E-state index >= 15 is 0 Å². The van der Waals surface area contributed by atoms with Crippen molar-refractivity contribution in [2.45, 2.75) is 13.3 Å². The number of nitrogens with zero attached hydrogens (tertiary/aromatic N) is 1. The van der Waals surface area contributed by atoms with E-state index in [4.69, 9.17) is 9.47 Å². The molecule has 0 atom stereocenters. The van der Waals surface area contributed by atoms with Crippen LogP contribution in [-0.4, -0.2) is 25.4 Å². The van der Waals surface area contributed by atoms with Crippen LogP contribution in [0.2, 0.25) is 0 Å². The molecule has 0 saturated carbocycles. The number of esters is 1. The molecule has 1 N–H and O–H groups in total. The number of carbonyl (C=O) groups excluding carboxylic acids is 1. The zero-order valence-electron chi connectivity index (χ0n) is 13.3. The smallest absolute Gasteiger partial charge is 0.354 e. The van der Waals surface area contributed by atoms with Gasteiger partial charge in [0, 0.05) is 6.42 Å². The van der Waals surface area contributed by atoms with Gasteiger partial charge in [0.05, 0.1) is 19.4 Å². The van der Waals surface area contributed by atoms with Crippen LogP contribution < -0.4 is 10.2 Å². The number of nitrogens with one attached hydrogen (secondary N) is 1. The Bertz CT molecular complexity index is 652. The highest BCUT2D eigenvalue weighted by atomic mass is 16.5. The number of carbonyl (C=O) groups is 1. The summed E-state index contributed by atoms with van der Waals surface area (Å²) in [5.74, 6) is 0.340. The van der Waals surface area contributed by atoms with Crippen molar-refractivity contribution in [1.82, 2.24) is 0 Å². The highest BCUT2D eigenvalue weighted by molar-refractivity contribution is 6.37. The highest BCUT2D eigenvalue weighted by Gasteiger charge is 2.13. The monoisotopic (exact) mass is 312 g/mol. The number of hydrogen-bond acceptors (Lipinski definition) is 5. The number of rotatable bonds is 7. The van der Waals surface area contributed by atoms with Crippen molar-refractivity contribution in [2.75, 3.05) is 19.1 Å². The van der Waals surface area contributed by atoms with Crippen LogP contribution in [0.25, 0.3) is 0 Å². The van der Waals surface area contributed by atoms with Crippen molar-refractivity contribution >= 4 is 17.4 Å². The Balaban J connectivity index is 2.13. The molecule has 0 unspecified atom stereocenters. The minimum atomic E-state index is -0.419. The van der Waals surface area contributed by atoms with Gasteiger partial charge in [0.15, 0.2) is 0 Å². The van der Waals surface area contributed by atoms with Crippen LogP contribution >= 0.6 is 0 Å². The largest absolute Gasteiger partial charge is 0.497 e. The maximum atomic E-state index is 12.1. The summed E-state index contributed by atoms with van der Waals surface area (Å²) in [6, 6.07) is 17.0. The molecule has 0 aliphatic carbocycles. The first-order valence-electron chi connectivity index (χ1n) is 7.40. The second-order valence-corrected chi connectivity index (χ2v) is 4.78. The van der Waals surface area contributed by atoms with Gasteiger partial charge < -0.3 is 9.47 Å². The van der Waals surface area contributed by atoms with Crippen LogP contribution in [-0.2, 0) is 16.0 Å². The quantitative estimate of drug-likeness (QED) is 0.484. The third-order valence-corrected chi connectivity index (χ3v) is 3.14. The maximum Gasteiger partial charge on any atom is 0.354 e. The van der Waals surface area contributed by atoms with Crippen LogP contribution in [0.5, 0.6) is 5.75 Å². The summed E-state index contributed by atoms with van der Waals surface area (Å²) >= 11 is 0. The van der Waals surface area contributed by atoms with Crippen molar-refractivity contribution in [3.8, 4) is 5.75 Å². The Kier molecular flexibility index (Phi) is 6.17. The van der Waals surface area contributed by atoms with Crippen LogP contribution in [0.1, 0.15) is 12.5 Å². The van der Waals surface area contributed by atoms with E-state index in [-0.39, 0.29) is 0 Å². The van der Waals surface area contributed by atoms with Crippen molar-refractivity contribution in [3.05, 3.63) is 60.2 Å². The summed E-state index contributed by atoms with van der Waals surface area (Å²) in [5, 5.41) is 4.21. The van der Waals surface area contributed by atoms with E-state index in [1.54, 1.807) is 14.0 Å². The third kappa shape index (κ3) is 5.14. The summed E-state index contributed by atoms with van der Waals surface area (Å²) in [5.41, 5.74) is 4.98. The molecule has 0 aromatic heterocycles. The second-order valence-electron chi connectivity index (χ2n) is 4.78. The fourth-order valence-electron chi connectivity index (χ4n) is 1.96. The van der Waals surface area contributed by atoms with E-state index in [9.17, 15) is 4.79 Å². The van der Waals surface area contributed by atoms with Crippen molar-refractivity contribution in [2.24, 2.45) is 5.10 Å². The van der Waals surface area contributed by atoms with E-state index in [1.807, 2.05) is 54.6 Å². The Morgan fingerprint density at radius 1 is 1.09 bits per heavy atom. The summed E-state index contributed by atoms with van der Waals surface area (Å²) < 4.78 is 10.2. The van der Waals surface area contributed by atoms with Gasteiger partial charge in [-0.2, -0.15) is 5.10 Å². The van der Waals surface area contributed by atoms with E-state index < -0.39 is 5.97 Å². The average molecular weight is 312 g/mol. The SMILES string of the molecule is CCOC(=O)/C(Cc1ccccc1)=N\Nc1ccc(OC)cc1. The van der Waals surface area contributed by atoms with Crippen LogP contribution in [0, 0.1) is 0 Å². The molecule has 0 amide bonds. The fraction of sp³-hybridized carbons (Fsp3) is 0.222. The topological polar surface area (TPSA) is 59.9 Å². The average Bonchev–Trinajstić information content (AvgIpc) is 2.60. The number of hydrazone groups is 1. The van der Waals surface area contributed by atoms with E-state index in [0.29, 0.717) is 18.7 Å². The molecule has 0 radical (unpaired) electrons. The summed E-state index contributed by atoms with van der Waals surface area (Å²) in [6.07, 6.45) is 0.406. The molecule has 2 aromatic rings. The zero-order valence-corrected chi connectivity index (χ0v) is 13.3. The Morgan fingerprint density at radius 3 is 2.39 bits per heavy atom. The Morgan fingerprint density at radius 2 is 1.78 bits per heavy atom. The summed E-state index contributed by atoms with van der Waals surface area (Å²) in [4.78, 5) is 12.1. The predicted molar refractivity (Wildman–Crippen MR) is 90.8 cm³/mol. The van der Waals surface area contributed by atoms with E-state index in [2.05, 4.69) is 10.5 Å². The molecule has 2 aromatic carbocycles. The lowest BCUT2D eigenvalue weighted by Gasteiger charge is -2.08. The molecular weight excluding hydrogens is 292 g/mol. The summed E-state index contributed by atoms with van der Waals surface area (Å²) in [6.45, 7) is 2.09. The number of methoxy groups -OCH3 is 1. The van der Waals surface area contributed by atoms with E-state index in [0.717, 1.165) is 17.0 Å². The number of hydrogen-bond donors (Lipinski definition) is 1. The van der Waals surface area contributed by atoms with Crippen molar-refractivity contribution in [3.63, 3.8) is 0 Å². The molecular formula is C18H20N2O3. The number of ether oxygens (including phenoxy) is 2. The highest BCUT2D eigenvalue weighted by Crippen LogP contribution is 2.15. The zero-order chi connectivity index (χ0) is 16.5. The molecule has 0 heterocycles. The van der Waals surface area contributed by atoms with Gasteiger partial charge in [-0.1, -0.05) is 30.3 Å². The standard InChI is InChI=1S/C18H20N2O3/c1-3-23-18(21)17(13-14-7-5-4-6-8-14)20-19-15-9-11-16(22-2)12-10-15/h4-12,19H,3,13H2,1-2H3/b20-17-. The minimum absolute atomic E-state index is 0.315. The lowest BCUT2D eigenvalue weighted by Crippen LogP contribution is -2.21. The van der Waals surface area contributed by atoms with Crippen LogP contribution in [0.3, 0.4) is 0 Å². The Hall–Kier alpha value is -2.82. The van der Waals surface area contributed by atoms with Crippen LogP contribution in [0.4, 0.5) is 5.69 Å². The lowest BCUT2D eigenvalue weighted by atomic mass is 10.1. The number of anilines is 1. The van der Waals surface area contributed by atoms with Crippen molar-refractivity contribution < 1.29 is 14.3 Å². The second kappa shape index (κ2) is 8.58. The molecule has 5 heteroatoms. The molecule has 0 aliphatic heterocycles. The molecule has 120 valence electrons. The van der Waals surface area contributed by atoms with Gasteiger partial charge in [-0.15, -0.1) is 0 Å². The van der Waals surface area contributed by atoms with Gasteiger partial charge in [-0.3, -0.25) is 5.43 Å². The minimum Gasteiger partial charge on any atom is -0.497 e.